The molecule has 0 aliphatic rings. The summed E-state index contributed by atoms with van der Waals surface area (Å²) in [6, 6.07) is 4.00. The maximum absolute atomic E-state index is 9.36. The van der Waals surface area contributed by atoms with Crippen molar-refractivity contribution < 1.29 is 9.84 Å². The van der Waals surface area contributed by atoms with Crippen LogP contribution in [0.25, 0.3) is 0 Å². The van der Waals surface area contributed by atoms with Gasteiger partial charge in [0, 0.05) is 26.4 Å². The molecule has 0 aliphatic carbocycles. The number of nitrogens with one attached hydrogen (secondary N) is 1. The van der Waals surface area contributed by atoms with Crippen molar-refractivity contribution in [3.63, 3.8) is 0 Å². The Hall–Kier alpha value is -0.970. The van der Waals surface area contributed by atoms with Crippen molar-refractivity contribution in [3.05, 3.63) is 29.6 Å². The number of ether oxygens (including phenoxy) is 1. The first kappa shape index (κ1) is 12.1. The van der Waals surface area contributed by atoms with Crippen LogP contribution in [-0.2, 0) is 11.3 Å². The second kappa shape index (κ2) is 6.50. The van der Waals surface area contributed by atoms with Crippen molar-refractivity contribution >= 4 is 0 Å². The summed E-state index contributed by atoms with van der Waals surface area (Å²) in [4.78, 5) is 4.25. The molecule has 84 valence electrons. The molecule has 2 N–H and O–H groups in total. The van der Waals surface area contributed by atoms with Crippen LogP contribution in [0.15, 0.2) is 18.3 Å². The Morgan fingerprint density at radius 3 is 2.93 bits per heavy atom. The third-order valence-corrected chi connectivity index (χ3v) is 2.02. The van der Waals surface area contributed by atoms with Gasteiger partial charge >= 0.3 is 0 Å². The lowest BCUT2D eigenvalue weighted by molar-refractivity contribution is 0.0643. The number of hydrogen-bond donors (Lipinski definition) is 2. The van der Waals surface area contributed by atoms with E-state index < -0.39 is 6.10 Å². The standard InChI is InChI=1S/C11H18N2O2/c1-9-3-4-10(13-5-9)6-12-7-11(14)8-15-2/h3-5,11-12,14H,6-8H2,1-2H3. The largest absolute Gasteiger partial charge is 0.389 e. The Kier molecular flexibility index (Phi) is 5.25. The second-order valence-corrected chi connectivity index (χ2v) is 3.57. The summed E-state index contributed by atoms with van der Waals surface area (Å²) < 4.78 is 4.82. The molecule has 0 aromatic carbocycles. The van der Waals surface area contributed by atoms with Gasteiger partial charge in [0.25, 0.3) is 0 Å². The van der Waals surface area contributed by atoms with Crippen LogP contribution in [0.5, 0.6) is 0 Å². The summed E-state index contributed by atoms with van der Waals surface area (Å²) in [5.74, 6) is 0. The zero-order chi connectivity index (χ0) is 11.1. The van der Waals surface area contributed by atoms with E-state index in [0.717, 1.165) is 11.3 Å². The second-order valence-electron chi connectivity index (χ2n) is 3.57. The minimum absolute atomic E-state index is 0.355. The summed E-state index contributed by atoms with van der Waals surface area (Å²) in [6.45, 7) is 3.55. The average Bonchev–Trinajstić information content (AvgIpc) is 2.21. The maximum Gasteiger partial charge on any atom is 0.0897 e. The third kappa shape index (κ3) is 4.88. The number of nitrogens with zero attached hydrogens (tertiary/aromatic N) is 1. The highest BCUT2D eigenvalue weighted by molar-refractivity contribution is 5.11. The van der Waals surface area contributed by atoms with Gasteiger partial charge in [0.2, 0.25) is 0 Å². The first-order chi connectivity index (χ1) is 7.22. The lowest BCUT2D eigenvalue weighted by atomic mass is 10.2. The van der Waals surface area contributed by atoms with E-state index in [4.69, 9.17) is 4.74 Å². The Bertz CT molecular complexity index is 274. The summed E-state index contributed by atoms with van der Waals surface area (Å²) in [5.41, 5.74) is 2.13. The highest BCUT2D eigenvalue weighted by Crippen LogP contribution is 1.97. The quantitative estimate of drug-likeness (QED) is 0.717. The van der Waals surface area contributed by atoms with Gasteiger partial charge in [-0.15, -0.1) is 0 Å². The topological polar surface area (TPSA) is 54.4 Å². The van der Waals surface area contributed by atoms with Crippen LogP contribution in [0, 0.1) is 6.92 Å². The molecule has 1 atom stereocenters. The number of rotatable bonds is 6. The summed E-state index contributed by atoms with van der Waals surface area (Å²) in [5, 5.41) is 12.5. The third-order valence-electron chi connectivity index (χ3n) is 2.02. The summed E-state index contributed by atoms with van der Waals surface area (Å²) >= 11 is 0. The molecule has 1 heterocycles. The maximum atomic E-state index is 9.36. The van der Waals surface area contributed by atoms with E-state index in [2.05, 4.69) is 10.3 Å². The van der Waals surface area contributed by atoms with Gasteiger partial charge < -0.3 is 15.2 Å². The van der Waals surface area contributed by atoms with Crippen molar-refractivity contribution in [1.82, 2.24) is 10.3 Å². The van der Waals surface area contributed by atoms with Gasteiger partial charge in [-0.3, -0.25) is 4.98 Å². The van der Waals surface area contributed by atoms with Crippen LogP contribution in [0.2, 0.25) is 0 Å². The van der Waals surface area contributed by atoms with Gasteiger partial charge in [0.1, 0.15) is 0 Å². The molecule has 0 radical (unpaired) electrons. The van der Waals surface area contributed by atoms with Crippen LogP contribution >= 0.6 is 0 Å². The van der Waals surface area contributed by atoms with Gasteiger partial charge in [0.05, 0.1) is 18.4 Å². The number of methoxy groups -OCH3 is 1. The van der Waals surface area contributed by atoms with Gasteiger partial charge in [-0.1, -0.05) is 6.07 Å². The number of pyridine rings is 1. The molecule has 0 bridgehead atoms. The SMILES string of the molecule is COCC(O)CNCc1ccc(C)cn1. The number of aliphatic hydroxyl groups excluding tert-OH is 1. The van der Waals surface area contributed by atoms with E-state index in [1.54, 1.807) is 7.11 Å². The molecule has 4 heteroatoms. The van der Waals surface area contributed by atoms with E-state index in [0.29, 0.717) is 19.7 Å². The van der Waals surface area contributed by atoms with Gasteiger partial charge in [-0.25, -0.2) is 0 Å². The van der Waals surface area contributed by atoms with E-state index in [-0.39, 0.29) is 0 Å². The monoisotopic (exact) mass is 210 g/mol. The molecule has 1 rings (SSSR count). The zero-order valence-corrected chi connectivity index (χ0v) is 9.23. The van der Waals surface area contributed by atoms with Crippen molar-refractivity contribution in [2.45, 2.75) is 19.6 Å². The van der Waals surface area contributed by atoms with Crippen LogP contribution in [0.1, 0.15) is 11.3 Å². The van der Waals surface area contributed by atoms with E-state index >= 15 is 0 Å². The highest BCUT2D eigenvalue weighted by atomic mass is 16.5. The average molecular weight is 210 g/mol. The molecule has 1 aromatic heterocycles. The first-order valence-corrected chi connectivity index (χ1v) is 5.01. The van der Waals surface area contributed by atoms with E-state index in [1.165, 1.54) is 0 Å². The minimum Gasteiger partial charge on any atom is -0.389 e. The van der Waals surface area contributed by atoms with Crippen LogP contribution in [0.3, 0.4) is 0 Å². The molecule has 1 unspecified atom stereocenters. The Balaban J connectivity index is 2.22. The lowest BCUT2D eigenvalue weighted by Crippen LogP contribution is -2.29. The fourth-order valence-corrected chi connectivity index (χ4v) is 1.22. The molecule has 0 fully saturated rings. The highest BCUT2D eigenvalue weighted by Gasteiger charge is 2.02. The molecule has 0 saturated heterocycles. The fraction of sp³-hybridized carbons (Fsp3) is 0.545. The van der Waals surface area contributed by atoms with Crippen LogP contribution < -0.4 is 5.32 Å². The first-order valence-electron chi connectivity index (χ1n) is 5.01. The molecular formula is C11H18N2O2. The summed E-state index contributed by atoms with van der Waals surface area (Å²) in [7, 11) is 1.57. The van der Waals surface area contributed by atoms with Crippen molar-refractivity contribution in [1.29, 1.82) is 0 Å². The summed E-state index contributed by atoms with van der Waals surface area (Å²) in [6.07, 6.45) is 1.38. The predicted molar refractivity (Wildman–Crippen MR) is 58.6 cm³/mol. The molecule has 0 saturated carbocycles. The van der Waals surface area contributed by atoms with E-state index in [1.807, 2.05) is 25.3 Å². The van der Waals surface area contributed by atoms with Gasteiger partial charge in [-0.05, 0) is 18.6 Å². The fourth-order valence-electron chi connectivity index (χ4n) is 1.22. The molecule has 1 aromatic rings. The normalized spacial score (nSPS) is 12.7. The molecule has 4 nitrogen and oxygen atoms in total. The Morgan fingerprint density at radius 1 is 1.53 bits per heavy atom. The number of aryl methyl sites for hydroxylation is 1. The zero-order valence-electron chi connectivity index (χ0n) is 9.23. The van der Waals surface area contributed by atoms with Crippen molar-refractivity contribution in [2.75, 3.05) is 20.3 Å². The van der Waals surface area contributed by atoms with Crippen molar-refractivity contribution in [2.24, 2.45) is 0 Å². The molecule has 0 aliphatic heterocycles. The van der Waals surface area contributed by atoms with Gasteiger partial charge in [0.15, 0.2) is 0 Å². The molecule has 15 heavy (non-hydrogen) atoms. The van der Waals surface area contributed by atoms with Crippen LogP contribution in [0.4, 0.5) is 0 Å². The smallest absolute Gasteiger partial charge is 0.0897 e. The van der Waals surface area contributed by atoms with Crippen molar-refractivity contribution in [3.8, 4) is 0 Å². The van der Waals surface area contributed by atoms with Crippen LogP contribution in [-0.4, -0.2) is 36.5 Å². The number of aromatic nitrogens is 1. The number of aliphatic hydroxyl groups is 1. The molecule has 0 amide bonds. The number of hydrogen-bond acceptors (Lipinski definition) is 4. The molecular weight excluding hydrogens is 192 g/mol. The Morgan fingerprint density at radius 2 is 2.33 bits per heavy atom. The minimum atomic E-state index is -0.458. The van der Waals surface area contributed by atoms with E-state index in [9.17, 15) is 5.11 Å². The van der Waals surface area contributed by atoms with Gasteiger partial charge in [-0.2, -0.15) is 0 Å². The lowest BCUT2D eigenvalue weighted by Gasteiger charge is -2.10. The Labute approximate surface area is 90.3 Å². The molecule has 0 spiro atoms. The predicted octanol–water partition coefficient (Wildman–Crippen LogP) is 0.487.